The lowest BCUT2D eigenvalue weighted by molar-refractivity contribution is 0.162. The van der Waals surface area contributed by atoms with Crippen molar-refractivity contribution in [1.29, 1.82) is 0 Å². The number of aromatic amines is 2. The van der Waals surface area contributed by atoms with Crippen molar-refractivity contribution in [1.82, 2.24) is 35.5 Å². The van der Waals surface area contributed by atoms with E-state index in [9.17, 15) is 4.39 Å². The molecule has 3 N–H and O–H groups in total. The SMILES string of the molecule is Fc1ccccc1-c1nccc2[nH]c(-c3n[nH]c4ccc(-c5cncc(OC6CCNCC6)c5)cc34)nc12. The molecule has 0 amide bonds. The average molecular weight is 506 g/mol. The van der Waals surface area contributed by atoms with E-state index in [-0.39, 0.29) is 11.9 Å². The number of nitrogens with zero attached hydrogens (tertiary/aromatic N) is 4. The van der Waals surface area contributed by atoms with Gasteiger partial charge in [-0.3, -0.25) is 15.1 Å². The lowest BCUT2D eigenvalue weighted by atomic mass is 10.0. The number of pyridine rings is 2. The fraction of sp³-hybridized carbons (Fsp3) is 0.172. The van der Waals surface area contributed by atoms with E-state index in [1.165, 1.54) is 6.07 Å². The Labute approximate surface area is 217 Å². The summed E-state index contributed by atoms with van der Waals surface area (Å²) in [5, 5.41) is 11.9. The lowest BCUT2D eigenvalue weighted by Gasteiger charge is -2.23. The predicted molar refractivity (Wildman–Crippen MR) is 144 cm³/mol. The molecule has 5 heterocycles. The highest BCUT2D eigenvalue weighted by Crippen LogP contribution is 2.33. The highest BCUT2D eigenvalue weighted by atomic mass is 19.1. The fourth-order valence-corrected chi connectivity index (χ4v) is 5.02. The number of nitrogens with one attached hydrogen (secondary N) is 3. The molecule has 8 nitrogen and oxygen atoms in total. The Balaban J connectivity index is 1.26. The largest absolute Gasteiger partial charge is 0.489 e. The van der Waals surface area contributed by atoms with E-state index in [4.69, 9.17) is 9.72 Å². The van der Waals surface area contributed by atoms with Gasteiger partial charge in [-0.25, -0.2) is 9.37 Å². The van der Waals surface area contributed by atoms with Gasteiger partial charge >= 0.3 is 0 Å². The first-order valence-electron chi connectivity index (χ1n) is 12.6. The quantitative estimate of drug-likeness (QED) is 0.286. The number of imidazole rings is 1. The number of benzene rings is 2. The monoisotopic (exact) mass is 505 g/mol. The van der Waals surface area contributed by atoms with Crippen molar-refractivity contribution in [2.24, 2.45) is 0 Å². The molecular weight excluding hydrogens is 481 g/mol. The molecule has 0 radical (unpaired) electrons. The summed E-state index contributed by atoms with van der Waals surface area (Å²) in [4.78, 5) is 17.0. The molecule has 0 bridgehead atoms. The molecule has 0 saturated carbocycles. The van der Waals surface area contributed by atoms with Crippen LogP contribution in [0.3, 0.4) is 0 Å². The Morgan fingerprint density at radius 2 is 1.79 bits per heavy atom. The number of H-pyrrole nitrogens is 2. The van der Waals surface area contributed by atoms with Gasteiger partial charge in [0.15, 0.2) is 5.82 Å². The first-order valence-corrected chi connectivity index (χ1v) is 12.6. The molecule has 6 aromatic rings. The van der Waals surface area contributed by atoms with Crippen LogP contribution in [0.25, 0.3) is 55.8 Å². The molecule has 0 spiro atoms. The Kier molecular flexibility index (Phi) is 5.55. The zero-order valence-corrected chi connectivity index (χ0v) is 20.4. The van der Waals surface area contributed by atoms with E-state index in [0.29, 0.717) is 28.3 Å². The minimum absolute atomic E-state index is 0.202. The number of piperidine rings is 1. The molecule has 38 heavy (non-hydrogen) atoms. The number of fused-ring (bicyclic) bond motifs is 2. The van der Waals surface area contributed by atoms with Crippen molar-refractivity contribution in [3.63, 3.8) is 0 Å². The number of halogens is 1. The minimum Gasteiger partial charge on any atom is -0.489 e. The van der Waals surface area contributed by atoms with Crippen LogP contribution in [0.1, 0.15) is 12.8 Å². The second-order valence-electron chi connectivity index (χ2n) is 9.43. The van der Waals surface area contributed by atoms with Gasteiger partial charge in [0.2, 0.25) is 0 Å². The normalized spacial score (nSPS) is 14.3. The summed E-state index contributed by atoms with van der Waals surface area (Å²) in [6.07, 6.45) is 7.43. The van der Waals surface area contributed by atoms with E-state index in [2.05, 4.69) is 36.5 Å². The summed E-state index contributed by atoms with van der Waals surface area (Å²) in [6.45, 7) is 1.94. The van der Waals surface area contributed by atoms with Crippen molar-refractivity contribution >= 4 is 21.9 Å². The van der Waals surface area contributed by atoms with Gasteiger partial charge in [0.05, 0.1) is 17.2 Å². The zero-order valence-electron chi connectivity index (χ0n) is 20.4. The zero-order chi connectivity index (χ0) is 25.5. The van der Waals surface area contributed by atoms with Gasteiger partial charge in [-0.2, -0.15) is 5.10 Å². The maximum Gasteiger partial charge on any atom is 0.159 e. The molecule has 0 atom stereocenters. The second kappa shape index (κ2) is 9.35. The van der Waals surface area contributed by atoms with Crippen LogP contribution in [0, 0.1) is 5.82 Å². The Hall–Kier alpha value is -4.63. The van der Waals surface area contributed by atoms with Crippen LogP contribution < -0.4 is 10.1 Å². The van der Waals surface area contributed by atoms with Gasteiger partial charge in [0.1, 0.15) is 34.6 Å². The van der Waals surface area contributed by atoms with Crippen LogP contribution in [0.15, 0.2) is 73.2 Å². The third-order valence-electron chi connectivity index (χ3n) is 6.95. The molecular formula is C29H24FN7O. The average Bonchev–Trinajstić information content (AvgIpc) is 3.58. The van der Waals surface area contributed by atoms with Crippen molar-refractivity contribution < 1.29 is 9.13 Å². The molecule has 2 aromatic carbocycles. The Morgan fingerprint density at radius 3 is 2.68 bits per heavy atom. The summed E-state index contributed by atoms with van der Waals surface area (Å²) in [7, 11) is 0. The van der Waals surface area contributed by atoms with Crippen LogP contribution in [-0.2, 0) is 0 Å². The highest BCUT2D eigenvalue weighted by Gasteiger charge is 2.18. The molecule has 0 aliphatic carbocycles. The van der Waals surface area contributed by atoms with E-state index >= 15 is 0 Å². The van der Waals surface area contributed by atoms with Crippen LogP contribution in [-0.4, -0.2) is 49.3 Å². The number of rotatable bonds is 5. The van der Waals surface area contributed by atoms with Crippen LogP contribution in [0.2, 0.25) is 0 Å². The number of aromatic nitrogens is 6. The maximum atomic E-state index is 14.5. The standard InChI is InChI=1S/C29H24FN7O/c30-23-4-2-1-3-21(23)26-28-25(9-12-33-26)34-29(35-28)27-22-14-17(5-6-24(22)36-37-27)18-13-20(16-32-15-18)38-19-7-10-31-11-8-19/h1-6,9,12-16,19,31H,7-8,10-11H2,(H,34,35)(H,36,37). The summed E-state index contributed by atoms with van der Waals surface area (Å²) < 4.78 is 20.7. The molecule has 1 aliphatic heterocycles. The van der Waals surface area contributed by atoms with Crippen LogP contribution in [0.5, 0.6) is 5.75 Å². The summed E-state index contributed by atoms with van der Waals surface area (Å²) >= 11 is 0. The molecule has 9 heteroatoms. The molecule has 1 saturated heterocycles. The van der Waals surface area contributed by atoms with Gasteiger partial charge in [0, 0.05) is 28.9 Å². The van der Waals surface area contributed by atoms with Crippen molar-refractivity contribution in [2.75, 3.05) is 13.1 Å². The summed E-state index contributed by atoms with van der Waals surface area (Å²) in [5.41, 5.74) is 5.75. The topological polar surface area (TPSA) is 104 Å². The Morgan fingerprint density at radius 1 is 0.895 bits per heavy atom. The smallest absolute Gasteiger partial charge is 0.159 e. The fourth-order valence-electron chi connectivity index (χ4n) is 5.02. The maximum absolute atomic E-state index is 14.5. The highest BCUT2D eigenvalue weighted by molar-refractivity contribution is 5.97. The van der Waals surface area contributed by atoms with Gasteiger partial charge in [-0.15, -0.1) is 0 Å². The lowest BCUT2D eigenvalue weighted by Crippen LogP contribution is -2.34. The molecule has 0 unspecified atom stereocenters. The predicted octanol–water partition coefficient (Wildman–Crippen LogP) is 5.50. The first-order chi connectivity index (χ1) is 18.7. The minimum atomic E-state index is -0.341. The third-order valence-corrected chi connectivity index (χ3v) is 6.95. The summed E-state index contributed by atoms with van der Waals surface area (Å²) in [6, 6.07) is 16.5. The Bertz CT molecular complexity index is 1770. The van der Waals surface area contributed by atoms with Crippen LogP contribution in [0.4, 0.5) is 4.39 Å². The van der Waals surface area contributed by atoms with Crippen LogP contribution >= 0.6 is 0 Å². The summed E-state index contributed by atoms with van der Waals surface area (Å²) in [5.74, 6) is 1.01. The van der Waals surface area contributed by atoms with E-state index < -0.39 is 0 Å². The van der Waals surface area contributed by atoms with E-state index in [0.717, 1.165) is 59.2 Å². The second-order valence-corrected chi connectivity index (χ2v) is 9.43. The third kappa shape index (κ3) is 4.06. The molecule has 4 aromatic heterocycles. The van der Waals surface area contributed by atoms with Gasteiger partial charge < -0.3 is 15.0 Å². The molecule has 1 aliphatic rings. The molecule has 7 rings (SSSR count). The molecule has 1 fully saturated rings. The number of hydrogen-bond donors (Lipinski definition) is 3. The van der Waals surface area contributed by atoms with E-state index in [1.807, 2.05) is 30.5 Å². The van der Waals surface area contributed by atoms with Gasteiger partial charge in [-0.1, -0.05) is 18.2 Å². The number of hydrogen-bond acceptors (Lipinski definition) is 6. The van der Waals surface area contributed by atoms with Crippen molar-refractivity contribution in [2.45, 2.75) is 18.9 Å². The first kappa shape index (κ1) is 22.6. The van der Waals surface area contributed by atoms with Crippen molar-refractivity contribution in [3.8, 4) is 39.7 Å². The van der Waals surface area contributed by atoms with Gasteiger partial charge in [-0.05, 0) is 67.9 Å². The van der Waals surface area contributed by atoms with E-state index in [1.54, 1.807) is 30.6 Å². The molecule has 188 valence electrons. The van der Waals surface area contributed by atoms with Gasteiger partial charge in [0.25, 0.3) is 0 Å². The van der Waals surface area contributed by atoms with Crippen molar-refractivity contribution in [3.05, 3.63) is 79.0 Å². The number of ether oxygens (including phenoxy) is 1.